The minimum Gasteiger partial charge on any atom is -0.663 e. The summed E-state index contributed by atoms with van der Waals surface area (Å²) in [5, 5.41) is 19.4. The predicted octanol–water partition coefficient (Wildman–Crippen LogP) is 4.85. The van der Waals surface area contributed by atoms with Gasteiger partial charge < -0.3 is 26.1 Å². The van der Waals surface area contributed by atoms with Crippen LogP contribution in [-0.4, -0.2) is 44.4 Å². The van der Waals surface area contributed by atoms with Gasteiger partial charge in [0, 0.05) is 5.69 Å². The standard InChI is InChI=1S/C5H7N2.3C4H10N.Ti/c1-4-3-5(2)7-6-4;3*1-3-5-4-2;/h3H,1-2H3;3*3-4H2,1-2H3;/q4*-1;+4. The van der Waals surface area contributed by atoms with Crippen molar-refractivity contribution in [3.63, 3.8) is 0 Å². The summed E-state index contributed by atoms with van der Waals surface area (Å²) in [6.45, 7) is 21.9. The monoisotopic (exact) mass is 359 g/mol. The molecule has 1 rings (SSSR count). The molecule has 0 aromatic carbocycles. The van der Waals surface area contributed by atoms with Gasteiger partial charge in [0.2, 0.25) is 0 Å². The Balaban J connectivity index is -0.000000105. The van der Waals surface area contributed by atoms with Crippen molar-refractivity contribution in [2.45, 2.75) is 55.4 Å². The van der Waals surface area contributed by atoms with Crippen LogP contribution in [0, 0.1) is 13.8 Å². The summed E-state index contributed by atoms with van der Waals surface area (Å²) in [4.78, 5) is 0. The van der Waals surface area contributed by atoms with Crippen molar-refractivity contribution in [3.8, 4) is 0 Å². The molecular weight excluding hydrogens is 322 g/mol. The third kappa shape index (κ3) is 39.0. The van der Waals surface area contributed by atoms with Crippen LogP contribution in [0.3, 0.4) is 0 Å². The van der Waals surface area contributed by atoms with E-state index in [9.17, 15) is 0 Å². The van der Waals surface area contributed by atoms with Crippen LogP contribution in [0.5, 0.6) is 0 Å². The van der Waals surface area contributed by atoms with Crippen molar-refractivity contribution in [2.75, 3.05) is 39.3 Å². The number of hydrogen-bond donors (Lipinski definition) is 0. The second kappa shape index (κ2) is 29.8. The van der Waals surface area contributed by atoms with Crippen LogP contribution in [0.2, 0.25) is 0 Å². The van der Waals surface area contributed by atoms with E-state index in [1.807, 2.05) is 61.5 Å². The Bertz CT molecular complexity index is 243. The molecule has 0 amide bonds. The third-order valence-corrected chi connectivity index (χ3v) is 2.12. The van der Waals surface area contributed by atoms with Crippen LogP contribution in [0.25, 0.3) is 16.0 Å². The minimum absolute atomic E-state index is 0. The van der Waals surface area contributed by atoms with Gasteiger partial charge in [-0.1, -0.05) is 54.5 Å². The summed E-state index contributed by atoms with van der Waals surface area (Å²) in [5.74, 6) is 0. The summed E-state index contributed by atoms with van der Waals surface area (Å²) < 4.78 is 0. The molecule has 0 aliphatic heterocycles. The number of aromatic nitrogens is 2. The van der Waals surface area contributed by atoms with Crippen molar-refractivity contribution in [2.24, 2.45) is 0 Å². The fourth-order valence-electron chi connectivity index (χ4n) is 1.19. The van der Waals surface area contributed by atoms with Gasteiger partial charge in [-0.15, -0.1) is 5.69 Å². The van der Waals surface area contributed by atoms with Crippen LogP contribution in [-0.2, 0) is 21.7 Å². The Kier molecular flexibility index (Phi) is 39.7. The molecule has 23 heavy (non-hydrogen) atoms. The number of aryl methyl sites for hydroxylation is 2. The van der Waals surface area contributed by atoms with Crippen LogP contribution in [0.15, 0.2) is 6.07 Å². The molecule has 1 heterocycles. The van der Waals surface area contributed by atoms with Gasteiger partial charge in [-0.25, -0.2) is 0 Å². The molecule has 6 heteroatoms. The summed E-state index contributed by atoms with van der Waals surface area (Å²) in [6, 6.07) is 1.94. The largest absolute Gasteiger partial charge is 4.00 e. The summed E-state index contributed by atoms with van der Waals surface area (Å²) >= 11 is 0. The molecule has 0 atom stereocenters. The fraction of sp³-hybridized carbons (Fsp3) is 0.824. The third-order valence-electron chi connectivity index (χ3n) is 2.12. The molecule has 0 radical (unpaired) electrons. The predicted molar refractivity (Wildman–Crippen MR) is 100 cm³/mol. The molecule has 5 nitrogen and oxygen atoms in total. The molecule has 0 N–H and O–H groups in total. The maximum Gasteiger partial charge on any atom is 4.00 e. The second-order valence-electron chi connectivity index (χ2n) is 4.20. The molecular formula is C17H37N5Ti. The summed E-state index contributed by atoms with van der Waals surface area (Å²) in [6.07, 6.45) is 0. The SMILES string of the molecule is CC[N-]CC.CC[N-]CC.CC[N-]CC.Cc1cc(C)[n-]n1.[Ti+4]. The van der Waals surface area contributed by atoms with E-state index in [1.54, 1.807) is 0 Å². The van der Waals surface area contributed by atoms with Crippen LogP contribution in [0.1, 0.15) is 52.9 Å². The average molecular weight is 359 g/mol. The molecule has 0 fully saturated rings. The Labute approximate surface area is 160 Å². The van der Waals surface area contributed by atoms with E-state index in [0.29, 0.717) is 0 Å². The molecule has 1 aromatic heterocycles. The molecule has 0 saturated heterocycles. The second-order valence-corrected chi connectivity index (χ2v) is 4.20. The van der Waals surface area contributed by atoms with Gasteiger partial charge in [0.1, 0.15) is 0 Å². The number of nitrogens with zero attached hydrogens (tertiary/aromatic N) is 5. The summed E-state index contributed by atoms with van der Waals surface area (Å²) in [5.41, 5.74) is 2.00. The first kappa shape index (κ1) is 30.7. The van der Waals surface area contributed by atoms with Gasteiger partial charge in [0.05, 0.1) is 0 Å². The molecule has 0 spiro atoms. The van der Waals surface area contributed by atoms with E-state index in [-0.39, 0.29) is 21.7 Å². The first-order chi connectivity index (χ1) is 10.5. The molecule has 0 aliphatic rings. The van der Waals surface area contributed by atoms with E-state index < -0.39 is 0 Å². The van der Waals surface area contributed by atoms with Crippen molar-refractivity contribution < 1.29 is 21.7 Å². The Morgan fingerprint density at radius 1 is 0.739 bits per heavy atom. The van der Waals surface area contributed by atoms with Crippen molar-refractivity contribution in [3.05, 3.63) is 33.4 Å². The quantitative estimate of drug-likeness (QED) is 0.681. The fourth-order valence-corrected chi connectivity index (χ4v) is 1.19. The van der Waals surface area contributed by atoms with Crippen molar-refractivity contribution in [1.29, 1.82) is 0 Å². The van der Waals surface area contributed by atoms with Crippen molar-refractivity contribution >= 4 is 0 Å². The topological polar surface area (TPSA) is 69.3 Å². The van der Waals surface area contributed by atoms with Gasteiger partial charge in [-0.3, -0.25) is 0 Å². The zero-order valence-corrected chi connectivity index (χ0v) is 18.1. The van der Waals surface area contributed by atoms with Gasteiger partial charge in [0.15, 0.2) is 0 Å². The number of hydrogen-bond acceptors (Lipinski definition) is 1. The first-order valence-corrected chi connectivity index (χ1v) is 8.36. The normalized spacial score (nSPS) is 8.35. The van der Waals surface area contributed by atoms with E-state index in [2.05, 4.69) is 26.1 Å². The Morgan fingerprint density at radius 3 is 1.09 bits per heavy atom. The zero-order valence-electron chi connectivity index (χ0n) is 16.6. The molecule has 0 unspecified atom stereocenters. The van der Waals surface area contributed by atoms with E-state index in [4.69, 9.17) is 0 Å². The van der Waals surface area contributed by atoms with E-state index in [1.165, 1.54) is 0 Å². The molecule has 0 aliphatic carbocycles. The zero-order chi connectivity index (χ0) is 17.6. The first-order valence-electron chi connectivity index (χ1n) is 8.36. The van der Waals surface area contributed by atoms with Crippen LogP contribution < -0.4 is 5.10 Å². The average Bonchev–Trinajstić information content (AvgIpc) is 2.87. The van der Waals surface area contributed by atoms with Gasteiger partial charge >= 0.3 is 21.7 Å². The van der Waals surface area contributed by atoms with Gasteiger partial charge in [0.25, 0.3) is 0 Å². The van der Waals surface area contributed by atoms with Gasteiger partial charge in [-0.05, 0) is 6.92 Å². The van der Waals surface area contributed by atoms with Crippen molar-refractivity contribution in [1.82, 2.24) is 10.2 Å². The van der Waals surface area contributed by atoms with Gasteiger partial charge in [-0.2, -0.15) is 39.3 Å². The van der Waals surface area contributed by atoms with E-state index in [0.717, 1.165) is 50.7 Å². The molecule has 1 aromatic rings. The molecule has 134 valence electrons. The smallest absolute Gasteiger partial charge is 0.663 e. The van der Waals surface area contributed by atoms with E-state index >= 15 is 0 Å². The minimum atomic E-state index is 0. The maximum absolute atomic E-state index is 3.97. The maximum atomic E-state index is 3.97. The Morgan fingerprint density at radius 2 is 1.04 bits per heavy atom. The number of rotatable bonds is 6. The van der Waals surface area contributed by atoms with Crippen LogP contribution >= 0.6 is 0 Å². The molecule has 0 saturated carbocycles. The summed E-state index contributed by atoms with van der Waals surface area (Å²) in [7, 11) is 0. The molecule has 0 bridgehead atoms. The Hall–Kier alpha value is -0.196. The van der Waals surface area contributed by atoms with Crippen LogP contribution in [0.4, 0.5) is 0 Å².